The zero-order valence-electron chi connectivity index (χ0n) is 14.8. The molecule has 0 saturated carbocycles. The summed E-state index contributed by atoms with van der Waals surface area (Å²) in [5.41, 5.74) is 5.46. The fourth-order valence-electron chi connectivity index (χ4n) is 2.58. The van der Waals surface area contributed by atoms with Crippen molar-refractivity contribution in [2.45, 2.75) is 0 Å². The first-order valence-electron chi connectivity index (χ1n) is 8.55. The molecule has 3 aromatic rings. The fraction of sp³-hybridized carbons (Fsp3) is 0. The lowest BCUT2D eigenvalue weighted by molar-refractivity contribution is 0.111. The molecule has 0 amide bonds. The SMILES string of the molecule is O=Cc1ccc(/C=C/c2cc(Br)c(/C=C/c3ccc(C=O)cc3)cc2Br)cc1. The fourth-order valence-corrected chi connectivity index (χ4v) is 3.56. The Labute approximate surface area is 180 Å². The van der Waals surface area contributed by atoms with Gasteiger partial charge in [0, 0.05) is 20.1 Å². The van der Waals surface area contributed by atoms with Crippen LogP contribution in [-0.4, -0.2) is 12.6 Å². The van der Waals surface area contributed by atoms with Gasteiger partial charge in [0.25, 0.3) is 0 Å². The second-order valence-electron chi connectivity index (χ2n) is 6.13. The molecule has 0 aliphatic rings. The third kappa shape index (κ3) is 5.24. The molecule has 2 nitrogen and oxygen atoms in total. The molecule has 0 N–H and O–H groups in total. The highest BCUT2D eigenvalue weighted by atomic mass is 79.9. The highest BCUT2D eigenvalue weighted by molar-refractivity contribution is 9.11. The van der Waals surface area contributed by atoms with Crippen molar-refractivity contribution in [3.8, 4) is 0 Å². The summed E-state index contributed by atoms with van der Waals surface area (Å²) in [7, 11) is 0. The molecule has 0 radical (unpaired) electrons. The van der Waals surface area contributed by atoms with Crippen molar-refractivity contribution in [3.05, 3.63) is 103 Å². The summed E-state index contributed by atoms with van der Waals surface area (Å²) < 4.78 is 1.96. The molecule has 0 spiro atoms. The van der Waals surface area contributed by atoms with Crippen LogP contribution in [0.2, 0.25) is 0 Å². The smallest absolute Gasteiger partial charge is 0.150 e. The van der Waals surface area contributed by atoms with E-state index in [1.807, 2.05) is 48.6 Å². The minimum atomic E-state index is 0.665. The van der Waals surface area contributed by atoms with Crippen LogP contribution < -0.4 is 0 Å². The van der Waals surface area contributed by atoms with Gasteiger partial charge in [-0.1, -0.05) is 105 Å². The molecule has 0 heterocycles. The topological polar surface area (TPSA) is 34.1 Å². The number of halogens is 2. The first kappa shape index (κ1) is 20.2. The predicted octanol–water partition coefficient (Wildman–Crippen LogP) is 7.18. The molecule has 0 unspecified atom stereocenters. The van der Waals surface area contributed by atoms with Gasteiger partial charge in [-0.2, -0.15) is 0 Å². The maximum atomic E-state index is 10.7. The van der Waals surface area contributed by atoms with Gasteiger partial charge in [0.2, 0.25) is 0 Å². The van der Waals surface area contributed by atoms with Crippen LogP contribution in [0.15, 0.2) is 69.6 Å². The average Bonchev–Trinajstić information content (AvgIpc) is 2.73. The third-order valence-electron chi connectivity index (χ3n) is 4.17. The molecule has 0 aliphatic carbocycles. The van der Waals surface area contributed by atoms with Crippen LogP contribution in [0.4, 0.5) is 0 Å². The van der Waals surface area contributed by atoms with Crippen LogP contribution in [0.25, 0.3) is 24.3 Å². The largest absolute Gasteiger partial charge is 0.298 e. The summed E-state index contributed by atoms with van der Waals surface area (Å²) in [4.78, 5) is 21.5. The number of rotatable bonds is 6. The molecule has 0 bridgehead atoms. The summed E-state index contributed by atoms with van der Waals surface area (Å²) in [5, 5.41) is 0. The second kappa shape index (κ2) is 9.58. The van der Waals surface area contributed by atoms with Crippen LogP contribution in [0.1, 0.15) is 43.0 Å². The Bertz CT molecular complexity index is 960. The van der Waals surface area contributed by atoms with Crippen LogP contribution >= 0.6 is 31.9 Å². The van der Waals surface area contributed by atoms with Gasteiger partial charge in [0.1, 0.15) is 12.6 Å². The lowest BCUT2D eigenvalue weighted by atomic mass is 10.1. The van der Waals surface area contributed by atoms with Gasteiger partial charge >= 0.3 is 0 Å². The van der Waals surface area contributed by atoms with Crippen molar-refractivity contribution in [3.63, 3.8) is 0 Å². The quantitative estimate of drug-likeness (QED) is 0.268. The van der Waals surface area contributed by atoms with Gasteiger partial charge in [0.05, 0.1) is 0 Å². The molecule has 138 valence electrons. The van der Waals surface area contributed by atoms with E-state index in [1.54, 1.807) is 24.3 Å². The van der Waals surface area contributed by atoms with E-state index in [4.69, 9.17) is 0 Å². The maximum absolute atomic E-state index is 10.7. The van der Waals surface area contributed by atoms with Crippen molar-refractivity contribution in [2.75, 3.05) is 0 Å². The molecule has 0 atom stereocenters. The summed E-state index contributed by atoms with van der Waals surface area (Å²) in [5.74, 6) is 0. The maximum Gasteiger partial charge on any atom is 0.150 e. The van der Waals surface area contributed by atoms with Gasteiger partial charge < -0.3 is 0 Å². The third-order valence-corrected chi connectivity index (χ3v) is 5.55. The van der Waals surface area contributed by atoms with Crippen molar-refractivity contribution in [1.29, 1.82) is 0 Å². The molecular formula is C24H16Br2O2. The normalized spacial score (nSPS) is 11.2. The molecule has 3 rings (SSSR count). The number of hydrogen-bond acceptors (Lipinski definition) is 2. The van der Waals surface area contributed by atoms with E-state index in [0.29, 0.717) is 11.1 Å². The van der Waals surface area contributed by atoms with E-state index in [-0.39, 0.29) is 0 Å². The Morgan fingerprint density at radius 1 is 0.500 bits per heavy atom. The van der Waals surface area contributed by atoms with Crippen LogP contribution in [0, 0.1) is 0 Å². The van der Waals surface area contributed by atoms with Crippen LogP contribution in [-0.2, 0) is 0 Å². The highest BCUT2D eigenvalue weighted by Crippen LogP contribution is 2.29. The van der Waals surface area contributed by atoms with Gasteiger partial charge in [-0.15, -0.1) is 0 Å². The summed E-state index contributed by atoms with van der Waals surface area (Å²) >= 11 is 7.26. The summed E-state index contributed by atoms with van der Waals surface area (Å²) in [6, 6.07) is 18.9. The van der Waals surface area contributed by atoms with Crippen molar-refractivity contribution >= 4 is 68.7 Å². The van der Waals surface area contributed by atoms with Crippen molar-refractivity contribution in [2.24, 2.45) is 0 Å². The standard InChI is InChI=1S/C24H16Br2O2/c25-23-14-22(12-10-18-3-7-20(16-28)8-4-18)24(26)13-21(23)11-9-17-1-5-19(15-27)6-2-17/h1-16H/b11-9+,12-10+. The van der Waals surface area contributed by atoms with E-state index < -0.39 is 0 Å². The summed E-state index contributed by atoms with van der Waals surface area (Å²) in [6.45, 7) is 0. The Morgan fingerprint density at radius 2 is 0.821 bits per heavy atom. The monoisotopic (exact) mass is 494 g/mol. The molecular weight excluding hydrogens is 480 g/mol. The molecule has 3 aromatic carbocycles. The predicted molar refractivity (Wildman–Crippen MR) is 123 cm³/mol. The minimum absolute atomic E-state index is 0.665. The van der Waals surface area contributed by atoms with E-state index in [0.717, 1.165) is 43.8 Å². The van der Waals surface area contributed by atoms with Crippen LogP contribution in [0.5, 0.6) is 0 Å². The Kier molecular flexibility index (Phi) is 6.90. The molecule has 4 heteroatoms. The van der Waals surface area contributed by atoms with E-state index in [9.17, 15) is 9.59 Å². The number of benzene rings is 3. The Balaban J connectivity index is 1.79. The molecule has 0 saturated heterocycles. The number of carbonyl (C=O) groups excluding carboxylic acids is 2. The van der Waals surface area contributed by atoms with Crippen molar-refractivity contribution in [1.82, 2.24) is 0 Å². The summed E-state index contributed by atoms with van der Waals surface area (Å²) in [6.07, 6.45) is 9.73. The lowest BCUT2D eigenvalue weighted by Crippen LogP contribution is -1.83. The lowest BCUT2D eigenvalue weighted by Gasteiger charge is -2.05. The zero-order valence-corrected chi connectivity index (χ0v) is 18.0. The first-order valence-corrected chi connectivity index (χ1v) is 10.1. The zero-order chi connectivity index (χ0) is 19.9. The van der Waals surface area contributed by atoms with Crippen molar-refractivity contribution < 1.29 is 9.59 Å². The Morgan fingerprint density at radius 3 is 1.14 bits per heavy atom. The first-order chi connectivity index (χ1) is 13.6. The van der Waals surface area contributed by atoms with Gasteiger partial charge in [-0.3, -0.25) is 9.59 Å². The molecule has 0 aliphatic heterocycles. The van der Waals surface area contributed by atoms with Crippen LogP contribution in [0.3, 0.4) is 0 Å². The number of carbonyl (C=O) groups is 2. The highest BCUT2D eigenvalue weighted by Gasteiger charge is 2.03. The van der Waals surface area contributed by atoms with Gasteiger partial charge in [-0.05, 0) is 34.4 Å². The molecule has 28 heavy (non-hydrogen) atoms. The average molecular weight is 496 g/mol. The number of aldehydes is 2. The molecule has 0 aromatic heterocycles. The van der Waals surface area contributed by atoms with Gasteiger partial charge in [0.15, 0.2) is 0 Å². The minimum Gasteiger partial charge on any atom is -0.298 e. The molecule has 0 fully saturated rings. The van der Waals surface area contributed by atoms with E-state index in [2.05, 4.69) is 44.0 Å². The second-order valence-corrected chi connectivity index (χ2v) is 7.84. The Hall–Kier alpha value is -2.56. The van der Waals surface area contributed by atoms with Gasteiger partial charge in [-0.25, -0.2) is 0 Å². The number of hydrogen-bond donors (Lipinski definition) is 0. The van der Waals surface area contributed by atoms with E-state index >= 15 is 0 Å². The van der Waals surface area contributed by atoms with E-state index in [1.165, 1.54) is 0 Å².